The van der Waals surface area contributed by atoms with Crippen molar-refractivity contribution in [3.05, 3.63) is 71.9 Å². The number of hydrogen-bond acceptors (Lipinski definition) is 6. The van der Waals surface area contributed by atoms with E-state index in [1.54, 1.807) is 18.2 Å². The van der Waals surface area contributed by atoms with Crippen LogP contribution in [0, 0.1) is 0 Å². The molecule has 4 rings (SSSR count). The van der Waals surface area contributed by atoms with E-state index in [9.17, 15) is 22.8 Å². The number of carbonyl (C=O) groups is 2. The predicted molar refractivity (Wildman–Crippen MR) is 111 cm³/mol. The molecule has 2 heterocycles. The Labute approximate surface area is 181 Å². The van der Waals surface area contributed by atoms with Crippen LogP contribution in [0.25, 0.3) is 10.8 Å². The molecule has 0 aliphatic carbocycles. The Hall–Kier alpha value is -3.66. The fourth-order valence-corrected chi connectivity index (χ4v) is 3.20. The maximum atomic E-state index is 13.3. The van der Waals surface area contributed by atoms with E-state index >= 15 is 0 Å². The highest BCUT2D eigenvalue weighted by Gasteiger charge is 2.31. The summed E-state index contributed by atoms with van der Waals surface area (Å²) >= 11 is 0. The van der Waals surface area contributed by atoms with E-state index in [-0.39, 0.29) is 22.8 Å². The highest BCUT2D eigenvalue weighted by atomic mass is 19.4. The summed E-state index contributed by atoms with van der Waals surface area (Å²) in [6.07, 6.45) is -3.19. The Kier molecular flexibility index (Phi) is 5.95. The molecule has 10 heteroatoms. The molecule has 0 unspecified atom stereocenters. The lowest BCUT2D eigenvalue weighted by Crippen LogP contribution is -2.58. The zero-order valence-electron chi connectivity index (χ0n) is 16.7. The molecule has 0 bridgehead atoms. The number of fused-ring (bicyclic) bond motifs is 1. The summed E-state index contributed by atoms with van der Waals surface area (Å²) in [7, 11) is 0. The number of hydrogen-bond donors (Lipinski definition) is 2. The fourth-order valence-electron chi connectivity index (χ4n) is 3.20. The Morgan fingerprint density at radius 1 is 1.12 bits per heavy atom. The van der Waals surface area contributed by atoms with E-state index < -0.39 is 30.2 Å². The zero-order valence-corrected chi connectivity index (χ0v) is 16.7. The summed E-state index contributed by atoms with van der Waals surface area (Å²) in [4.78, 5) is 34.7. The van der Waals surface area contributed by atoms with E-state index in [0.717, 1.165) is 17.2 Å². The maximum Gasteiger partial charge on any atom is 0.416 e. The molecule has 2 aromatic carbocycles. The van der Waals surface area contributed by atoms with E-state index in [1.165, 1.54) is 30.5 Å². The number of carbonyl (C=O) groups excluding carboxylic acids is 2. The third kappa shape index (κ3) is 4.80. The normalized spacial score (nSPS) is 14.0. The van der Waals surface area contributed by atoms with Crippen LogP contribution in [-0.4, -0.2) is 42.5 Å². The lowest BCUT2D eigenvalue weighted by atomic mass is 10.1. The first-order valence-corrected chi connectivity index (χ1v) is 9.82. The number of anilines is 1. The molecule has 0 saturated carbocycles. The summed E-state index contributed by atoms with van der Waals surface area (Å²) in [6, 6.07) is 12.7. The molecule has 1 aromatic heterocycles. The van der Waals surface area contributed by atoms with Gasteiger partial charge in [-0.05, 0) is 35.7 Å². The van der Waals surface area contributed by atoms with Gasteiger partial charge in [0.15, 0.2) is 5.82 Å². The van der Waals surface area contributed by atoms with Crippen LogP contribution in [0.3, 0.4) is 0 Å². The van der Waals surface area contributed by atoms with E-state index in [4.69, 9.17) is 4.84 Å². The second kappa shape index (κ2) is 8.83. The van der Waals surface area contributed by atoms with E-state index in [0.29, 0.717) is 18.5 Å². The number of halogens is 3. The molecule has 1 aliphatic heterocycles. The molecular formula is C22H19F3N4O3. The average molecular weight is 444 g/mol. The largest absolute Gasteiger partial charge is 0.416 e. The van der Waals surface area contributed by atoms with Gasteiger partial charge in [-0.2, -0.15) is 18.2 Å². The van der Waals surface area contributed by atoms with E-state index in [1.807, 2.05) is 0 Å². The number of alkyl halides is 3. The van der Waals surface area contributed by atoms with Crippen molar-refractivity contribution in [2.45, 2.75) is 12.2 Å². The SMILES string of the molecule is O=C(CN(OC(=O)c1ccccc1)c1nccc2ccc(C(F)(F)F)cc12)NC1CNC1. The van der Waals surface area contributed by atoms with Crippen LogP contribution in [0.5, 0.6) is 0 Å². The minimum atomic E-state index is -4.57. The molecule has 1 amide bonds. The summed E-state index contributed by atoms with van der Waals surface area (Å²) in [5, 5.41) is 7.27. The Balaban J connectivity index is 1.70. The topological polar surface area (TPSA) is 83.6 Å². The molecular weight excluding hydrogens is 425 g/mol. The first kappa shape index (κ1) is 21.6. The van der Waals surface area contributed by atoms with Crippen molar-refractivity contribution < 1.29 is 27.6 Å². The maximum absolute atomic E-state index is 13.3. The molecule has 166 valence electrons. The number of aromatic nitrogens is 1. The van der Waals surface area contributed by atoms with Gasteiger partial charge in [-0.1, -0.05) is 24.3 Å². The van der Waals surface area contributed by atoms with Crippen molar-refractivity contribution in [1.29, 1.82) is 0 Å². The summed E-state index contributed by atoms with van der Waals surface area (Å²) in [6.45, 7) is 0.783. The first-order valence-electron chi connectivity index (χ1n) is 9.82. The number of pyridine rings is 1. The smallest absolute Gasteiger partial charge is 0.349 e. The second-order valence-electron chi connectivity index (χ2n) is 7.27. The van der Waals surface area contributed by atoms with Crippen molar-refractivity contribution in [3.63, 3.8) is 0 Å². The molecule has 1 saturated heterocycles. The van der Waals surface area contributed by atoms with E-state index in [2.05, 4.69) is 15.6 Å². The van der Waals surface area contributed by atoms with Crippen LogP contribution in [0.15, 0.2) is 60.8 Å². The minimum absolute atomic E-state index is 0.0634. The molecule has 1 fully saturated rings. The standard InChI is InChI=1S/C22H19F3N4O3/c23-22(24,25)16-7-6-14-8-9-27-20(18(14)10-16)29(13-19(30)28-17-11-26-12-17)32-21(31)15-4-2-1-3-5-15/h1-10,17,26H,11-13H2,(H,28,30). The number of rotatable bonds is 6. The summed E-state index contributed by atoms with van der Waals surface area (Å²) in [5.74, 6) is -1.29. The van der Waals surface area contributed by atoms with Crippen molar-refractivity contribution >= 4 is 28.5 Å². The van der Waals surface area contributed by atoms with Crippen molar-refractivity contribution in [2.24, 2.45) is 0 Å². The number of benzene rings is 2. The highest BCUT2D eigenvalue weighted by molar-refractivity contribution is 5.96. The number of amides is 1. The van der Waals surface area contributed by atoms with Gasteiger partial charge in [-0.3, -0.25) is 4.79 Å². The van der Waals surface area contributed by atoms with Gasteiger partial charge in [0.05, 0.1) is 17.2 Å². The van der Waals surface area contributed by atoms with Crippen molar-refractivity contribution in [1.82, 2.24) is 15.6 Å². The van der Waals surface area contributed by atoms with Crippen LogP contribution >= 0.6 is 0 Å². The van der Waals surface area contributed by atoms with Crippen LogP contribution < -0.4 is 15.7 Å². The van der Waals surface area contributed by atoms with Gasteiger partial charge >= 0.3 is 12.1 Å². The van der Waals surface area contributed by atoms with Gasteiger partial charge in [-0.25, -0.2) is 9.78 Å². The first-order chi connectivity index (χ1) is 15.3. The van der Waals surface area contributed by atoms with Crippen LogP contribution in [0.4, 0.5) is 19.0 Å². The second-order valence-corrected chi connectivity index (χ2v) is 7.27. The van der Waals surface area contributed by atoms with Crippen LogP contribution in [-0.2, 0) is 15.8 Å². The molecule has 32 heavy (non-hydrogen) atoms. The molecule has 0 atom stereocenters. The fraction of sp³-hybridized carbons (Fsp3) is 0.227. The van der Waals surface area contributed by atoms with Gasteiger partial charge in [-0.15, -0.1) is 0 Å². The number of hydroxylamine groups is 1. The third-order valence-electron chi connectivity index (χ3n) is 4.95. The number of nitrogens with zero attached hydrogens (tertiary/aromatic N) is 2. The molecule has 2 N–H and O–H groups in total. The Morgan fingerprint density at radius 3 is 2.53 bits per heavy atom. The van der Waals surface area contributed by atoms with Gasteiger partial charge in [0, 0.05) is 24.7 Å². The predicted octanol–water partition coefficient (Wildman–Crippen LogP) is 2.92. The molecule has 3 aromatic rings. The third-order valence-corrected chi connectivity index (χ3v) is 4.95. The van der Waals surface area contributed by atoms with Crippen molar-refractivity contribution in [3.8, 4) is 0 Å². The van der Waals surface area contributed by atoms with Gasteiger partial charge in [0.1, 0.15) is 6.54 Å². The highest BCUT2D eigenvalue weighted by Crippen LogP contribution is 2.34. The Bertz CT molecular complexity index is 1130. The summed E-state index contributed by atoms with van der Waals surface area (Å²) in [5.41, 5.74) is -0.657. The lowest BCUT2D eigenvalue weighted by Gasteiger charge is -2.29. The minimum Gasteiger partial charge on any atom is -0.349 e. The van der Waals surface area contributed by atoms with Crippen LogP contribution in [0.1, 0.15) is 15.9 Å². The molecule has 7 nitrogen and oxygen atoms in total. The monoisotopic (exact) mass is 444 g/mol. The number of nitrogens with one attached hydrogen (secondary N) is 2. The van der Waals surface area contributed by atoms with Crippen LogP contribution in [0.2, 0.25) is 0 Å². The molecule has 0 radical (unpaired) electrons. The lowest BCUT2D eigenvalue weighted by molar-refractivity contribution is -0.137. The Morgan fingerprint density at radius 2 is 1.88 bits per heavy atom. The molecule has 1 aliphatic rings. The quantitative estimate of drug-likeness (QED) is 0.569. The van der Waals surface area contributed by atoms with Gasteiger partial charge < -0.3 is 15.5 Å². The van der Waals surface area contributed by atoms with Crippen molar-refractivity contribution in [2.75, 3.05) is 24.7 Å². The molecule has 0 spiro atoms. The average Bonchev–Trinajstić information content (AvgIpc) is 2.75. The van der Waals surface area contributed by atoms with Gasteiger partial charge in [0.25, 0.3) is 0 Å². The van der Waals surface area contributed by atoms with Gasteiger partial charge in [0.2, 0.25) is 5.91 Å². The summed E-state index contributed by atoms with van der Waals surface area (Å²) < 4.78 is 39.9. The zero-order chi connectivity index (χ0) is 22.7.